The first-order chi connectivity index (χ1) is 11.8. The number of benzene rings is 1. The molecule has 0 N–H and O–H groups in total. The predicted molar refractivity (Wildman–Crippen MR) is 95.7 cm³/mol. The van der Waals surface area contributed by atoms with Gasteiger partial charge in [0.15, 0.2) is 0 Å². The van der Waals surface area contributed by atoms with Gasteiger partial charge in [0.1, 0.15) is 6.10 Å². The highest BCUT2D eigenvalue weighted by atomic mass is 32.1. The van der Waals surface area contributed by atoms with Gasteiger partial charge in [0.25, 0.3) is 0 Å². The van der Waals surface area contributed by atoms with E-state index in [1.807, 2.05) is 29.6 Å². The number of hydrogen-bond acceptors (Lipinski definition) is 5. The van der Waals surface area contributed by atoms with Crippen LogP contribution in [0.4, 0.5) is 0 Å². The second kappa shape index (κ2) is 7.21. The number of nitrogens with zero attached hydrogens (tertiary/aromatic N) is 1. The van der Waals surface area contributed by atoms with Gasteiger partial charge < -0.3 is 9.47 Å². The molecular weight excluding hydrogens is 322 g/mol. The van der Waals surface area contributed by atoms with Gasteiger partial charge in [-0.25, -0.2) is 4.79 Å². The third-order valence-electron chi connectivity index (χ3n) is 5.16. The highest BCUT2D eigenvalue weighted by Crippen LogP contribution is 2.29. The lowest BCUT2D eigenvalue weighted by molar-refractivity contribution is -0.0483. The number of esters is 1. The van der Waals surface area contributed by atoms with Gasteiger partial charge in [-0.3, -0.25) is 4.90 Å². The number of ether oxygens (including phenoxy) is 2. The highest BCUT2D eigenvalue weighted by Gasteiger charge is 2.34. The minimum absolute atomic E-state index is 0.00163. The Morgan fingerprint density at radius 1 is 1.17 bits per heavy atom. The third-order valence-corrected chi connectivity index (χ3v) is 6.04. The molecule has 2 aliphatic rings. The normalized spacial score (nSPS) is 25.7. The minimum Gasteiger partial charge on any atom is -0.457 e. The van der Waals surface area contributed by atoms with E-state index in [1.54, 1.807) is 11.3 Å². The summed E-state index contributed by atoms with van der Waals surface area (Å²) in [5.74, 6) is -0.177. The molecule has 2 atom stereocenters. The lowest BCUT2D eigenvalue weighted by atomic mass is 9.91. The van der Waals surface area contributed by atoms with Crippen molar-refractivity contribution in [3.63, 3.8) is 0 Å². The first-order valence-electron chi connectivity index (χ1n) is 8.82. The molecule has 1 aromatic heterocycles. The zero-order valence-corrected chi connectivity index (χ0v) is 14.6. The van der Waals surface area contributed by atoms with Crippen LogP contribution in [-0.4, -0.2) is 49.3 Å². The van der Waals surface area contributed by atoms with E-state index < -0.39 is 0 Å². The molecule has 1 aromatic carbocycles. The maximum absolute atomic E-state index is 12.8. The Morgan fingerprint density at radius 3 is 2.88 bits per heavy atom. The summed E-state index contributed by atoms with van der Waals surface area (Å²) >= 11 is 1.66. The zero-order valence-electron chi connectivity index (χ0n) is 13.8. The zero-order chi connectivity index (χ0) is 16.4. The average molecular weight is 345 g/mol. The van der Waals surface area contributed by atoms with Gasteiger partial charge in [-0.2, -0.15) is 0 Å². The Hall–Kier alpha value is -1.43. The highest BCUT2D eigenvalue weighted by molar-refractivity contribution is 7.17. The number of carbonyl (C=O) groups excluding carboxylic acids is 1. The van der Waals surface area contributed by atoms with Gasteiger partial charge in [-0.05, 0) is 42.8 Å². The molecule has 2 fully saturated rings. The van der Waals surface area contributed by atoms with E-state index >= 15 is 0 Å². The van der Waals surface area contributed by atoms with E-state index in [1.165, 1.54) is 6.42 Å². The Labute approximate surface area is 146 Å². The van der Waals surface area contributed by atoms with Gasteiger partial charge in [0, 0.05) is 29.2 Å². The van der Waals surface area contributed by atoms with E-state index in [0.717, 1.165) is 55.7 Å². The minimum atomic E-state index is -0.177. The van der Waals surface area contributed by atoms with Crippen LogP contribution in [-0.2, 0) is 9.47 Å². The number of hydrogen-bond donors (Lipinski definition) is 0. The molecule has 0 spiro atoms. The molecule has 0 amide bonds. The van der Waals surface area contributed by atoms with Crippen LogP contribution in [0.1, 0.15) is 36.0 Å². The largest absolute Gasteiger partial charge is 0.457 e. The summed E-state index contributed by atoms with van der Waals surface area (Å²) in [5.41, 5.74) is 0.694. The fourth-order valence-electron chi connectivity index (χ4n) is 3.91. The van der Waals surface area contributed by atoms with Crippen LogP contribution in [0, 0.1) is 0 Å². The van der Waals surface area contributed by atoms with Crippen LogP contribution in [0.25, 0.3) is 10.1 Å². The summed E-state index contributed by atoms with van der Waals surface area (Å²) < 4.78 is 12.6. The quantitative estimate of drug-likeness (QED) is 0.795. The van der Waals surface area contributed by atoms with Crippen molar-refractivity contribution in [2.75, 3.05) is 26.3 Å². The monoisotopic (exact) mass is 345 g/mol. The summed E-state index contributed by atoms with van der Waals surface area (Å²) in [6, 6.07) is 8.22. The molecule has 0 bridgehead atoms. The maximum Gasteiger partial charge on any atom is 0.339 e. The predicted octanol–water partition coefficient (Wildman–Crippen LogP) is 3.70. The number of carbonyl (C=O) groups is 1. The van der Waals surface area contributed by atoms with E-state index in [-0.39, 0.29) is 12.1 Å². The first kappa shape index (κ1) is 16.1. The van der Waals surface area contributed by atoms with Crippen LogP contribution >= 0.6 is 11.3 Å². The number of fused-ring (bicyclic) bond motifs is 1. The first-order valence-corrected chi connectivity index (χ1v) is 9.70. The number of rotatable bonds is 3. The van der Waals surface area contributed by atoms with Gasteiger partial charge in [-0.15, -0.1) is 11.3 Å². The van der Waals surface area contributed by atoms with Crippen molar-refractivity contribution in [1.82, 2.24) is 4.90 Å². The second-order valence-electron chi connectivity index (χ2n) is 6.58. The van der Waals surface area contributed by atoms with Gasteiger partial charge >= 0.3 is 5.97 Å². The van der Waals surface area contributed by atoms with Crippen LogP contribution < -0.4 is 0 Å². The molecule has 4 rings (SSSR count). The maximum atomic E-state index is 12.8. The van der Waals surface area contributed by atoms with Gasteiger partial charge in [-0.1, -0.05) is 12.5 Å². The molecule has 5 heteroatoms. The van der Waals surface area contributed by atoms with Crippen LogP contribution in [0.3, 0.4) is 0 Å². The van der Waals surface area contributed by atoms with Crippen molar-refractivity contribution < 1.29 is 14.3 Å². The Balaban J connectivity index is 1.51. The van der Waals surface area contributed by atoms with E-state index in [2.05, 4.69) is 4.90 Å². The summed E-state index contributed by atoms with van der Waals surface area (Å²) in [5, 5.41) is 3.03. The SMILES string of the molecule is O=C(OC1CCCCC1N1CCOCC1)c1cccc2sccc12. The molecule has 1 saturated carbocycles. The standard InChI is InChI=1S/C19H23NO3S/c21-19(15-4-3-7-18-14(15)8-13-24-18)23-17-6-2-1-5-16(17)20-9-11-22-12-10-20/h3-4,7-8,13,16-17H,1-2,5-6,9-12H2. The van der Waals surface area contributed by atoms with Gasteiger partial charge in [0.05, 0.1) is 18.8 Å². The molecule has 1 saturated heterocycles. The molecular formula is C19H23NO3S. The fourth-order valence-corrected chi connectivity index (χ4v) is 4.73. The summed E-state index contributed by atoms with van der Waals surface area (Å²) in [4.78, 5) is 15.2. The molecule has 2 aromatic rings. The molecule has 24 heavy (non-hydrogen) atoms. The molecule has 1 aliphatic heterocycles. The smallest absolute Gasteiger partial charge is 0.339 e. The Morgan fingerprint density at radius 2 is 2.00 bits per heavy atom. The summed E-state index contributed by atoms with van der Waals surface area (Å²) in [7, 11) is 0. The molecule has 2 heterocycles. The van der Waals surface area contributed by atoms with Crippen LogP contribution in [0.5, 0.6) is 0 Å². The van der Waals surface area contributed by atoms with E-state index in [0.29, 0.717) is 11.6 Å². The van der Waals surface area contributed by atoms with Crippen molar-refractivity contribution in [2.45, 2.75) is 37.8 Å². The van der Waals surface area contributed by atoms with E-state index in [4.69, 9.17) is 9.47 Å². The Kier molecular flexibility index (Phi) is 4.83. The second-order valence-corrected chi connectivity index (χ2v) is 7.53. The molecule has 128 valence electrons. The Bertz CT molecular complexity index is 707. The van der Waals surface area contributed by atoms with Crippen molar-refractivity contribution >= 4 is 27.4 Å². The third kappa shape index (κ3) is 3.21. The molecule has 4 nitrogen and oxygen atoms in total. The summed E-state index contributed by atoms with van der Waals surface area (Å²) in [6.07, 6.45) is 4.43. The lowest BCUT2D eigenvalue weighted by Crippen LogP contribution is -2.51. The van der Waals surface area contributed by atoms with Crippen molar-refractivity contribution in [1.29, 1.82) is 0 Å². The topological polar surface area (TPSA) is 38.8 Å². The molecule has 0 radical (unpaired) electrons. The van der Waals surface area contributed by atoms with Crippen LogP contribution in [0.15, 0.2) is 29.6 Å². The summed E-state index contributed by atoms with van der Waals surface area (Å²) in [6.45, 7) is 3.45. The number of morpholine rings is 1. The van der Waals surface area contributed by atoms with E-state index in [9.17, 15) is 4.79 Å². The average Bonchev–Trinajstić information content (AvgIpc) is 3.11. The number of thiophene rings is 1. The van der Waals surface area contributed by atoms with Crippen molar-refractivity contribution in [3.8, 4) is 0 Å². The molecule has 2 unspecified atom stereocenters. The van der Waals surface area contributed by atoms with Gasteiger partial charge in [0.2, 0.25) is 0 Å². The van der Waals surface area contributed by atoms with Crippen LogP contribution in [0.2, 0.25) is 0 Å². The lowest BCUT2D eigenvalue weighted by Gasteiger charge is -2.41. The molecule has 1 aliphatic carbocycles. The van der Waals surface area contributed by atoms with Crippen molar-refractivity contribution in [3.05, 3.63) is 35.2 Å². The fraction of sp³-hybridized carbons (Fsp3) is 0.526. The van der Waals surface area contributed by atoms with Crippen molar-refractivity contribution in [2.24, 2.45) is 0 Å².